The molecule has 10 heteroatoms. The van der Waals surface area contributed by atoms with Crippen molar-refractivity contribution in [3.63, 3.8) is 0 Å². The fourth-order valence-electron chi connectivity index (χ4n) is 6.96. The van der Waals surface area contributed by atoms with E-state index >= 15 is 0 Å². The van der Waals surface area contributed by atoms with E-state index in [9.17, 15) is 19.2 Å². The average molecular weight is 583 g/mol. The lowest BCUT2D eigenvalue weighted by atomic mass is 9.76. The van der Waals surface area contributed by atoms with Crippen molar-refractivity contribution in [1.29, 1.82) is 0 Å². The zero-order valence-electron chi connectivity index (χ0n) is 22.9. The van der Waals surface area contributed by atoms with E-state index in [1.165, 1.54) is 12.1 Å². The van der Waals surface area contributed by atoms with Gasteiger partial charge in [0, 0.05) is 39.4 Å². The van der Waals surface area contributed by atoms with Crippen LogP contribution in [0.2, 0.25) is 5.02 Å². The quantitative estimate of drug-likeness (QED) is 0.236. The van der Waals surface area contributed by atoms with Gasteiger partial charge in [-0.15, -0.1) is 0 Å². The lowest BCUT2D eigenvalue weighted by Crippen LogP contribution is -2.53. The number of ether oxygens (including phenoxy) is 1. The van der Waals surface area contributed by atoms with E-state index in [4.69, 9.17) is 16.3 Å². The summed E-state index contributed by atoms with van der Waals surface area (Å²) in [6.45, 7) is 3.79. The highest BCUT2D eigenvalue weighted by atomic mass is 35.5. The Morgan fingerprint density at radius 1 is 1.05 bits per heavy atom. The maximum Gasteiger partial charge on any atom is 0.338 e. The van der Waals surface area contributed by atoms with Gasteiger partial charge in [0.2, 0.25) is 17.7 Å². The molecule has 212 valence electrons. The number of fused-ring (bicyclic) bond motifs is 5. The van der Waals surface area contributed by atoms with Gasteiger partial charge in [-0.25, -0.2) is 9.69 Å². The number of benzene rings is 3. The number of H-pyrrole nitrogens is 1. The molecule has 9 nitrogen and oxygen atoms in total. The van der Waals surface area contributed by atoms with Crippen LogP contribution in [0.3, 0.4) is 0 Å². The average Bonchev–Trinajstić information content (AvgIpc) is 3.68. The Morgan fingerprint density at radius 3 is 2.57 bits per heavy atom. The molecule has 4 heterocycles. The number of nitrogens with zero attached hydrogens (tertiary/aromatic N) is 1. The van der Waals surface area contributed by atoms with Crippen molar-refractivity contribution in [2.45, 2.75) is 31.8 Å². The number of halogens is 1. The summed E-state index contributed by atoms with van der Waals surface area (Å²) in [5, 5.41) is 7.90. The molecule has 1 spiro atoms. The van der Waals surface area contributed by atoms with Crippen LogP contribution in [0, 0.1) is 18.8 Å². The zero-order valence-corrected chi connectivity index (χ0v) is 23.6. The van der Waals surface area contributed by atoms with E-state index in [1.54, 1.807) is 31.2 Å². The van der Waals surface area contributed by atoms with Crippen LogP contribution in [0.25, 0.3) is 10.9 Å². The summed E-state index contributed by atoms with van der Waals surface area (Å²) in [5.74, 6) is -3.60. The molecule has 3 aromatic carbocycles. The van der Waals surface area contributed by atoms with Gasteiger partial charge in [-0.1, -0.05) is 29.8 Å². The minimum atomic E-state index is -1.49. The summed E-state index contributed by atoms with van der Waals surface area (Å²) < 4.78 is 5.07. The number of hydrogen-bond donors (Lipinski definition) is 3. The Hall–Kier alpha value is -4.47. The molecule has 1 aromatic heterocycles. The molecular formula is C32H27ClN4O5. The Bertz CT molecular complexity index is 1820. The molecule has 3 amide bonds. The van der Waals surface area contributed by atoms with Gasteiger partial charge >= 0.3 is 5.97 Å². The molecule has 2 fully saturated rings. The standard InChI is InChI=1S/C32H27ClN4O5/c1-3-42-30(40)17-8-10-20(11-9-17)37-28(38)25-24(13-18-15-34-23-7-5-4-6-21(18)23)36-32(26(25)29(37)39)22-14-19(33)12-16(2)27(22)35-31(32)41/h4-12,14-15,24-26,34,36H,3,13H2,1-2H3,(H,35,41)/t24-,25+,26+,32+/m0/s1. The highest BCUT2D eigenvalue weighted by Gasteiger charge is 2.70. The van der Waals surface area contributed by atoms with Crippen molar-refractivity contribution in [1.82, 2.24) is 10.3 Å². The smallest absolute Gasteiger partial charge is 0.338 e. The molecule has 0 unspecified atom stereocenters. The molecule has 42 heavy (non-hydrogen) atoms. The SMILES string of the molecule is CCOC(=O)c1ccc(N2C(=O)[C@@H]3[C@H](Cc4c[nH]c5ccccc45)N[C@@]4(C(=O)Nc5c(C)cc(Cl)cc54)[C@H]3C2=O)cc1. The fraction of sp³-hybridized carbons (Fsp3) is 0.250. The van der Waals surface area contributed by atoms with Crippen LogP contribution in [0.5, 0.6) is 0 Å². The number of amides is 3. The number of carbonyl (C=O) groups is 4. The maximum atomic E-state index is 14.3. The number of para-hydroxylation sites is 1. The van der Waals surface area contributed by atoms with Gasteiger partial charge < -0.3 is 15.0 Å². The molecule has 3 aliphatic heterocycles. The highest BCUT2D eigenvalue weighted by Crippen LogP contribution is 2.55. The predicted molar refractivity (Wildman–Crippen MR) is 157 cm³/mol. The van der Waals surface area contributed by atoms with E-state index in [-0.39, 0.29) is 12.5 Å². The second-order valence-corrected chi connectivity index (χ2v) is 11.4. The number of esters is 1. The maximum absolute atomic E-state index is 14.3. The van der Waals surface area contributed by atoms with Crippen LogP contribution >= 0.6 is 11.6 Å². The number of nitrogens with one attached hydrogen (secondary N) is 3. The number of anilines is 2. The van der Waals surface area contributed by atoms with Crippen molar-refractivity contribution >= 4 is 57.6 Å². The highest BCUT2D eigenvalue weighted by molar-refractivity contribution is 6.31. The third-order valence-electron chi connectivity index (χ3n) is 8.74. The van der Waals surface area contributed by atoms with Gasteiger partial charge in [-0.2, -0.15) is 0 Å². The fourth-order valence-corrected chi connectivity index (χ4v) is 7.23. The molecule has 3 aliphatic rings. The van der Waals surface area contributed by atoms with Gasteiger partial charge in [-0.3, -0.25) is 19.7 Å². The van der Waals surface area contributed by atoms with Crippen LogP contribution in [-0.2, 0) is 31.1 Å². The molecule has 0 aliphatic carbocycles. The zero-order chi connectivity index (χ0) is 29.3. The number of rotatable bonds is 5. The first kappa shape index (κ1) is 26.4. The van der Waals surface area contributed by atoms with Crippen LogP contribution in [0.4, 0.5) is 11.4 Å². The molecular weight excluding hydrogens is 556 g/mol. The number of carbonyl (C=O) groups excluding carboxylic acids is 4. The van der Waals surface area contributed by atoms with E-state index < -0.39 is 41.2 Å². The summed E-state index contributed by atoms with van der Waals surface area (Å²) in [5.41, 5.74) is 3.01. The second-order valence-electron chi connectivity index (χ2n) is 11.0. The third-order valence-corrected chi connectivity index (χ3v) is 8.96. The normalized spacial score (nSPS) is 24.4. The first-order valence-electron chi connectivity index (χ1n) is 13.8. The minimum Gasteiger partial charge on any atom is -0.462 e. The molecule has 2 saturated heterocycles. The van der Waals surface area contributed by atoms with Gasteiger partial charge in [0.25, 0.3) is 0 Å². The molecule has 0 radical (unpaired) electrons. The van der Waals surface area contributed by atoms with Gasteiger partial charge in [0.1, 0.15) is 5.54 Å². The van der Waals surface area contributed by atoms with Gasteiger partial charge in [-0.05, 0) is 73.9 Å². The number of hydrogen-bond acceptors (Lipinski definition) is 6. The first-order chi connectivity index (χ1) is 20.2. The Labute approximate surface area is 246 Å². The molecule has 7 rings (SSSR count). The predicted octanol–water partition coefficient (Wildman–Crippen LogP) is 4.47. The number of imide groups is 1. The molecule has 4 aromatic rings. The van der Waals surface area contributed by atoms with Crippen molar-refractivity contribution in [2.24, 2.45) is 11.8 Å². The lowest BCUT2D eigenvalue weighted by Gasteiger charge is -2.29. The summed E-state index contributed by atoms with van der Waals surface area (Å²) in [7, 11) is 0. The van der Waals surface area contributed by atoms with E-state index in [0.29, 0.717) is 33.9 Å². The minimum absolute atomic E-state index is 0.229. The van der Waals surface area contributed by atoms with E-state index in [1.807, 2.05) is 37.4 Å². The third kappa shape index (κ3) is 3.66. The molecule has 4 atom stereocenters. The second kappa shape index (κ2) is 9.54. The van der Waals surface area contributed by atoms with Gasteiger partial charge in [0.05, 0.1) is 29.7 Å². The topological polar surface area (TPSA) is 121 Å². The van der Waals surface area contributed by atoms with Crippen LogP contribution < -0.4 is 15.5 Å². The number of aryl methyl sites for hydroxylation is 1. The largest absolute Gasteiger partial charge is 0.462 e. The van der Waals surface area contributed by atoms with Crippen molar-refractivity contribution in [3.05, 3.63) is 94.1 Å². The number of aromatic amines is 1. The van der Waals surface area contributed by atoms with Gasteiger partial charge in [0.15, 0.2) is 0 Å². The summed E-state index contributed by atoms with van der Waals surface area (Å²) in [6.07, 6.45) is 2.31. The molecule has 0 bridgehead atoms. The first-order valence-corrected chi connectivity index (χ1v) is 14.2. The van der Waals surface area contributed by atoms with Crippen LogP contribution in [0.15, 0.2) is 66.9 Å². The van der Waals surface area contributed by atoms with E-state index in [2.05, 4.69) is 15.6 Å². The van der Waals surface area contributed by atoms with E-state index in [0.717, 1.165) is 26.9 Å². The summed E-state index contributed by atoms with van der Waals surface area (Å²) >= 11 is 6.48. The van der Waals surface area contributed by atoms with Crippen molar-refractivity contribution in [2.75, 3.05) is 16.8 Å². The molecule has 0 saturated carbocycles. The van der Waals surface area contributed by atoms with Crippen molar-refractivity contribution < 1.29 is 23.9 Å². The van der Waals surface area contributed by atoms with Crippen molar-refractivity contribution in [3.8, 4) is 0 Å². The number of aromatic nitrogens is 1. The van der Waals surface area contributed by atoms with Crippen LogP contribution in [-0.4, -0.2) is 41.3 Å². The lowest BCUT2D eigenvalue weighted by molar-refractivity contribution is -0.130. The Kier molecular flexibility index (Phi) is 6.00. The molecule has 3 N–H and O–H groups in total. The monoisotopic (exact) mass is 582 g/mol. The summed E-state index contributed by atoms with van der Waals surface area (Å²) in [4.78, 5) is 59.1. The Morgan fingerprint density at radius 2 is 1.81 bits per heavy atom. The van der Waals surface area contributed by atoms with Crippen LogP contribution in [0.1, 0.15) is 34.0 Å². The Balaban J connectivity index is 1.34. The summed E-state index contributed by atoms with van der Waals surface area (Å²) in [6, 6.07) is 17.0.